The maximum absolute atomic E-state index is 12.5. The van der Waals surface area contributed by atoms with Crippen LogP contribution < -0.4 is 14.8 Å². The first-order chi connectivity index (χ1) is 19.3. The highest BCUT2D eigenvalue weighted by Crippen LogP contribution is 2.37. The van der Waals surface area contributed by atoms with Crippen molar-refractivity contribution in [2.45, 2.75) is 39.6 Å². The van der Waals surface area contributed by atoms with E-state index in [-0.39, 0.29) is 0 Å². The van der Waals surface area contributed by atoms with Crippen LogP contribution in [0.5, 0.6) is 11.8 Å². The van der Waals surface area contributed by atoms with Crippen LogP contribution >= 0.6 is 0 Å². The first-order valence-electron chi connectivity index (χ1n) is 13.1. The third-order valence-corrected chi connectivity index (χ3v) is 6.04. The van der Waals surface area contributed by atoms with Gasteiger partial charge in [-0.3, -0.25) is 10.00 Å². The Kier molecular flexibility index (Phi) is 7.68. The third-order valence-electron chi connectivity index (χ3n) is 6.04. The standard InChI is InChI=1S/C32H32N4O4/c1-32(2,3)40-31(37)33-26-17-11-16-24-28(35-36(4)29(24)26)25-18-19-27(38-20-22-12-7-5-8-13-22)34-30(25)39-21-23-14-9-6-10-15-23/h5-19H,20-21H2,1-4H3,(H,33,37). The second kappa shape index (κ2) is 11.5. The number of nitrogens with one attached hydrogen (secondary N) is 1. The molecule has 5 aromatic rings. The number of benzene rings is 3. The minimum absolute atomic E-state index is 0.333. The lowest BCUT2D eigenvalue weighted by molar-refractivity contribution is 0.0636. The number of anilines is 1. The van der Waals surface area contributed by atoms with Gasteiger partial charge in [0, 0.05) is 18.5 Å². The zero-order valence-corrected chi connectivity index (χ0v) is 23.0. The van der Waals surface area contributed by atoms with Crippen LogP contribution in [0.4, 0.5) is 10.5 Å². The van der Waals surface area contributed by atoms with Gasteiger partial charge in [-0.1, -0.05) is 72.8 Å². The molecule has 5 rings (SSSR count). The second-order valence-electron chi connectivity index (χ2n) is 10.4. The molecular weight excluding hydrogens is 504 g/mol. The summed E-state index contributed by atoms with van der Waals surface area (Å²) in [5.41, 5.74) is 4.17. The van der Waals surface area contributed by atoms with Gasteiger partial charge in [-0.2, -0.15) is 10.1 Å². The molecule has 0 saturated heterocycles. The Morgan fingerprint density at radius 1 is 0.825 bits per heavy atom. The molecule has 1 amide bonds. The number of carbonyl (C=O) groups is 1. The summed E-state index contributed by atoms with van der Waals surface area (Å²) in [5.74, 6) is 0.850. The summed E-state index contributed by atoms with van der Waals surface area (Å²) in [6.07, 6.45) is -0.531. The summed E-state index contributed by atoms with van der Waals surface area (Å²) in [6, 6.07) is 29.2. The molecule has 1 N–H and O–H groups in total. The van der Waals surface area contributed by atoms with E-state index in [0.29, 0.717) is 41.9 Å². The van der Waals surface area contributed by atoms with Gasteiger partial charge >= 0.3 is 6.09 Å². The van der Waals surface area contributed by atoms with Gasteiger partial charge in [0.25, 0.3) is 0 Å². The second-order valence-corrected chi connectivity index (χ2v) is 10.4. The maximum Gasteiger partial charge on any atom is 0.412 e. The minimum Gasteiger partial charge on any atom is -0.473 e. The van der Waals surface area contributed by atoms with E-state index in [9.17, 15) is 4.79 Å². The van der Waals surface area contributed by atoms with Crippen molar-refractivity contribution >= 4 is 22.7 Å². The van der Waals surface area contributed by atoms with Crippen molar-refractivity contribution in [3.8, 4) is 23.0 Å². The van der Waals surface area contributed by atoms with Gasteiger partial charge in [-0.25, -0.2) is 4.79 Å². The highest BCUT2D eigenvalue weighted by molar-refractivity contribution is 6.04. The summed E-state index contributed by atoms with van der Waals surface area (Å²) < 4.78 is 19.4. The number of hydrogen-bond donors (Lipinski definition) is 1. The van der Waals surface area contributed by atoms with Gasteiger partial charge in [0.15, 0.2) is 0 Å². The minimum atomic E-state index is -0.614. The number of pyridine rings is 1. The van der Waals surface area contributed by atoms with E-state index in [4.69, 9.17) is 24.3 Å². The van der Waals surface area contributed by atoms with E-state index in [0.717, 1.165) is 22.0 Å². The SMILES string of the molecule is Cn1nc(-c2ccc(OCc3ccccc3)nc2OCc2ccccc2)c2cccc(NC(=O)OC(C)(C)C)c21. The summed E-state index contributed by atoms with van der Waals surface area (Å²) in [5, 5.41) is 8.50. The predicted octanol–water partition coefficient (Wildman–Crippen LogP) is 7.14. The van der Waals surface area contributed by atoms with E-state index >= 15 is 0 Å². The van der Waals surface area contributed by atoms with Gasteiger partial charge in [-0.15, -0.1) is 0 Å². The van der Waals surface area contributed by atoms with Crippen LogP contribution in [0.25, 0.3) is 22.2 Å². The van der Waals surface area contributed by atoms with Crippen molar-refractivity contribution in [3.63, 3.8) is 0 Å². The third kappa shape index (κ3) is 6.40. The molecule has 204 valence electrons. The molecule has 0 saturated carbocycles. The van der Waals surface area contributed by atoms with Crippen molar-refractivity contribution in [2.24, 2.45) is 7.05 Å². The Morgan fingerprint density at radius 2 is 1.48 bits per heavy atom. The van der Waals surface area contributed by atoms with Gasteiger partial charge < -0.3 is 14.2 Å². The number of fused-ring (bicyclic) bond motifs is 1. The molecule has 8 nitrogen and oxygen atoms in total. The van der Waals surface area contributed by atoms with Crippen LogP contribution in [-0.2, 0) is 25.0 Å². The molecule has 2 aromatic heterocycles. The Hall–Kier alpha value is -4.85. The number of nitrogens with zero attached hydrogens (tertiary/aromatic N) is 3. The van der Waals surface area contributed by atoms with E-state index in [1.165, 1.54) is 0 Å². The van der Waals surface area contributed by atoms with Crippen molar-refractivity contribution in [2.75, 3.05) is 5.32 Å². The normalized spacial score (nSPS) is 11.3. The lowest BCUT2D eigenvalue weighted by Gasteiger charge is -2.20. The molecular formula is C32H32N4O4. The lowest BCUT2D eigenvalue weighted by Crippen LogP contribution is -2.27. The molecule has 0 spiro atoms. The average Bonchev–Trinajstić information content (AvgIpc) is 3.28. The summed E-state index contributed by atoms with van der Waals surface area (Å²) in [4.78, 5) is 17.3. The lowest BCUT2D eigenvalue weighted by atomic mass is 10.1. The van der Waals surface area contributed by atoms with E-state index in [1.54, 1.807) is 4.68 Å². The van der Waals surface area contributed by atoms with Gasteiger partial charge in [0.1, 0.15) is 24.5 Å². The molecule has 0 aliphatic carbocycles. The maximum atomic E-state index is 12.5. The molecule has 0 aliphatic rings. The molecule has 0 radical (unpaired) electrons. The highest BCUT2D eigenvalue weighted by atomic mass is 16.6. The largest absolute Gasteiger partial charge is 0.473 e. The fourth-order valence-corrected chi connectivity index (χ4v) is 4.30. The van der Waals surface area contributed by atoms with Gasteiger partial charge in [0.05, 0.1) is 16.8 Å². The Labute approximate surface area is 233 Å². The average molecular weight is 537 g/mol. The molecule has 0 atom stereocenters. The Bertz CT molecular complexity index is 1610. The van der Waals surface area contributed by atoms with Crippen LogP contribution in [0.1, 0.15) is 31.9 Å². The summed E-state index contributed by atoms with van der Waals surface area (Å²) >= 11 is 0. The number of hydrogen-bond acceptors (Lipinski definition) is 6. The number of amides is 1. The van der Waals surface area contributed by atoms with Crippen LogP contribution in [-0.4, -0.2) is 26.5 Å². The fourth-order valence-electron chi connectivity index (χ4n) is 4.30. The summed E-state index contributed by atoms with van der Waals surface area (Å²) in [6.45, 7) is 6.20. The van der Waals surface area contributed by atoms with Crippen LogP contribution in [0.2, 0.25) is 0 Å². The van der Waals surface area contributed by atoms with Crippen molar-refractivity contribution in [1.82, 2.24) is 14.8 Å². The zero-order chi connectivity index (χ0) is 28.1. The van der Waals surface area contributed by atoms with E-state index in [2.05, 4.69) is 5.32 Å². The highest BCUT2D eigenvalue weighted by Gasteiger charge is 2.22. The van der Waals surface area contributed by atoms with Crippen LogP contribution in [0.3, 0.4) is 0 Å². The quantitative estimate of drug-likeness (QED) is 0.227. The van der Waals surface area contributed by atoms with Crippen LogP contribution in [0.15, 0.2) is 91.0 Å². The fraction of sp³-hybridized carbons (Fsp3) is 0.219. The van der Waals surface area contributed by atoms with Gasteiger partial charge in [0.2, 0.25) is 11.8 Å². The predicted molar refractivity (Wildman–Crippen MR) is 155 cm³/mol. The number of ether oxygens (including phenoxy) is 3. The summed E-state index contributed by atoms with van der Waals surface area (Å²) in [7, 11) is 1.83. The molecule has 3 aromatic carbocycles. The smallest absolute Gasteiger partial charge is 0.412 e. The van der Waals surface area contributed by atoms with Crippen molar-refractivity contribution < 1.29 is 19.0 Å². The Balaban J connectivity index is 1.50. The first kappa shape index (κ1) is 26.7. The Morgan fingerprint density at radius 3 is 2.12 bits per heavy atom. The van der Waals surface area contributed by atoms with Crippen molar-refractivity contribution in [1.29, 1.82) is 0 Å². The number of carbonyl (C=O) groups excluding carboxylic acids is 1. The molecule has 8 heteroatoms. The molecule has 2 heterocycles. The number of aryl methyl sites for hydroxylation is 1. The number of para-hydroxylation sites is 1. The molecule has 40 heavy (non-hydrogen) atoms. The van der Waals surface area contributed by atoms with Crippen LogP contribution in [0, 0.1) is 0 Å². The number of rotatable bonds is 8. The zero-order valence-electron chi connectivity index (χ0n) is 23.0. The van der Waals surface area contributed by atoms with E-state index in [1.807, 2.05) is 119 Å². The van der Waals surface area contributed by atoms with Crippen molar-refractivity contribution in [3.05, 3.63) is 102 Å². The topological polar surface area (TPSA) is 87.5 Å². The monoisotopic (exact) mass is 536 g/mol. The van der Waals surface area contributed by atoms with Gasteiger partial charge in [-0.05, 0) is 44.0 Å². The first-order valence-corrected chi connectivity index (χ1v) is 13.1. The molecule has 0 bridgehead atoms. The molecule has 0 fully saturated rings. The molecule has 0 unspecified atom stereocenters. The van der Waals surface area contributed by atoms with E-state index < -0.39 is 11.7 Å². The molecule has 0 aliphatic heterocycles. The number of aromatic nitrogens is 3.